The van der Waals surface area contributed by atoms with Crippen LogP contribution in [0.25, 0.3) is 0 Å². The Morgan fingerprint density at radius 2 is 1.58 bits per heavy atom. The molecule has 3 N–H and O–H groups in total. The maximum absolute atomic E-state index is 12.2. The molecule has 3 amide bonds. The average Bonchev–Trinajstić information content (AvgIpc) is 2.80. The molecule has 0 spiro atoms. The van der Waals surface area contributed by atoms with Gasteiger partial charge in [0.1, 0.15) is 17.2 Å². The zero-order chi connectivity index (χ0) is 22.2. The quantitative estimate of drug-likeness (QED) is 0.532. The van der Waals surface area contributed by atoms with E-state index in [1.165, 1.54) is 19.3 Å². The molecule has 2 aromatic carbocycles. The van der Waals surface area contributed by atoms with Crippen molar-refractivity contribution in [3.63, 3.8) is 0 Å². The van der Waals surface area contributed by atoms with Crippen LogP contribution in [0.3, 0.4) is 0 Å². The third kappa shape index (κ3) is 5.89. The number of ether oxygens (including phenoxy) is 1. The normalized spacial score (nSPS) is 10.1. The molecule has 0 saturated heterocycles. The van der Waals surface area contributed by atoms with Crippen molar-refractivity contribution in [1.29, 1.82) is 0 Å². The molecule has 3 aromatic rings. The van der Waals surface area contributed by atoms with Gasteiger partial charge in [0.25, 0.3) is 5.91 Å². The van der Waals surface area contributed by atoms with Gasteiger partial charge in [-0.2, -0.15) is 0 Å². The van der Waals surface area contributed by atoms with E-state index in [1.807, 2.05) is 25.1 Å². The summed E-state index contributed by atoms with van der Waals surface area (Å²) >= 11 is 0. The maximum Gasteiger partial charge on any atom is 0.314 e. The van der Waals surface area contributed by atoms with E-state index in [9.17, 15) is 14.4 Å². The van der Waals surface area contributed by atoms with E-state index in [0.717, 1.165) is 12.0 Å². The number of aromatic nitrogens is 1. The Hall–Kier alpha value is -4.20. The predicted molar refractivity (Wildman–Crippen MR) is 117 cm³/mol. The first kappa shape index (κ1) is 21.5. The van der Waals surface area contributed by atoms with E-state index in [1.54, 1.807) is 36.4 Å². The zero-order valence-corrected chi connectivity index (χ0v) is 17.1. The molecule has 0 aliphatic rings. The number of pyridine rings is 1. The second-order valence-corrected chi connectivity index (χ2v) is 6.54. The lowest BCUT2D eigenvalue weighted by Gasteiger charge is -2.09. The molecule has 0 fully saturated rings. The summed E-state index contributed by atoms with van der Waals surface area (Å²) in [6, 6.07) is 17.0. The molecule has 1 aromatic heterocycles. The van der Waals surface area contributed by atoms with Crippen LogP contribution >= 0.6 is 0 Å². The molecule has 0 unspecified atom stereocenters. The van der Waals surface area contributed by atoms with E-state index < -0.39 is 11.8 Å². The lowest BCUT2D eigenvalue weighted by molar-refractivity contribution is -0.132. The Morgan fingerprint density at radius 1 is 0.871 bits per heavy atom. The number of amides is 3. The van der Waals surface area contributed by atoms with E-state index in [4.69, 9.17) is 4.74 Å². The van der Waals surface area contributed by atoms with Gasteiger partial charge in [-0.3, -0.25) is 19.4 Å². The minimum absolute atomic E-state index is 0.236. The Labute approximate surface area is 179 Å². The molecule has 0 atom stereocenters. The molecule has 0 aliphatic heterocycles. The van der Waals surface area contributed by atoms with Gasteiger partial charge in [0.2, 0.25) is 0 Å². The minimum atomic E-state index is -0.778. The first-order valence-corrected chi connectivity index (χ1v) is 9.66. The van der Waals surface area contributed by atoms with Gasteiger partial charge in [0.15, 0.2) is 0 Å². The molecule has 0 aliphatic carbocycles. The number of carbonyl (C=O) groups excluding carboxylic acids is 3. The highest BCUT2D eigenvalue weighted by Crippen LogP contribution is 2.23. The molecular formula is C23H22N4O4. The van der Waals surface area contributed by atoms with Crippen molar-refractivity contribution in [2.75, 3.05) is 17.7 Å². The third-order valence-electron chi connectivity index (χ3n) is 4.34. The van der Waals surface area contributed by atoms with Crippen molar-refractivity contribution < 1.29 is 19.1 Å². The van der Waals surface area contributed by atoms with Gasteiger partial charge < -0.3 is 20.7 Å². The second-order valence-electron chi connectivity index (χ2n) is 6.54. The van der Waals surface area contributed by atoms with Crippen LogP contribution in [0.4, 0.5) is 11.4 Å². The molecule has 158 valence electrons. The van der Waals surface area contributed by atoms with Crippen LogP contribution in [0.15, 0.2) is 66.9 Å². The fraction of sp³-hybridized carbons (Fsp3) is 0.130. The van der Waals surface area contributed by atoms with E-state index in [2.05, 4.69) is 20.9 Å². The van der Waals surface area contributed by atoms with Gasteiger partial charge in [-0.25, -0.2) is 0 Å². The van der Waals surface area contributed by atoms with Crippen LogP contribution in [0.2, 0.25) is 0 Å². The second kappa shape index (κ2) is 10.0. The highest BCUT2D eigenvalue weighted by molar-refractivity contribution is 6.43. The van der Waals surface area contributed by atoms with Gasteiger partial charge >= 0.3 is 11.8 Å². The summed E-state index contributed by atoms with van der Waals surface area (Å²) < 4.78 is 5.71. The van der Waals surface area contributed by atoms with Gasteiger partial charge in [0.05, 0.1) is 0 Å². The van der Waals surface area contributed by atoms with Crippen molar-refractivity contribution in [3.8, 4) is 11.5 Å². The average molecular weight is 418 g/mol. The van der Waals surface area contributed by atoms with Crippen molar-refractivity contribution in [2.24, 2.45) is 0 Å². The van der Waals surface area contributed by atoms with Crippen molar-refractivity contribution in [1.82, 2.24) is 10.3 Å². The summed E-state index contributed by atoms with van der Waals surface area (Å²) in [7, 11) is 1.52. The number of nitrogens with zero attached hydrogens (tertiary/aromatic N) is 1. The van der Waals surface area contributed by atoms with Crippen molar-refractivity contribution in [2.45, 2.75) is 13.3 Å². The molecule has 0 bridgehead atoms. The Morgan fingerprint density at radius 3 is 2.26 bits per heavy atom. The molecule has 8 nitrogen and oxygen atoms in total. The monoisotopic (exact) mass is 418 g/mol. The Kier molecular flexibility index (Phi) is 6.95. The fourth-order valence-corrected chi connectivity index (χ4v) is 2.71. The zero-order valence-electron chi connectivity index (χ0n) is 17.1. The number of anilines is 2. The number of hydrogen-bond acceptors (Lipinski definition) is 5. The minimum Gasteiger partial charge on any atom is -0.457 e. The highest BCUT2D eigenvalue weighted by Gasteiger charge is 2.14. The van der Waals surface area contributed by atoms with Crippen LogP contribution in [0.1, 0.15) is 23.0 Å². The van der Waals surface area contributed by atoms with Crippen molar-refractivity contribution in [3.05, 3.63) is 78.1 Å². The number of nitrogens with one attached hydrogen (secondary N) is 3. The Bertz CT molecular complexity index is 1100. The first-order valence-electron chi connectivity index (χ1n) is 9.66. The van der Waals surface area contributed by atoms with Crippen LogP contribution in [-0.2, 0) is 16.0 Å². The van der Waals surface area contributed by atoms with Gasteiger partial charge in [-0.1, -0.05) is 19.1 Å². The smallest absolute Gasteiger partial charge is 0.314 e. The summed E-state index contributed by atoms with van der Waals surface area (Å²) in [5, 5.41) is 7.63. The predicted octanol–water partition coefficient (Wildman–Crippen LogP) is 3.37. The van der Waals surface area contributed by atoms with Gasteiger partial charge in [-0.15, -0.1) is 0 Å². The lowest BCUT2D eigenvalue weighted by atomic mass is 10.1. The van der Waals surface area contributed by atoms with Gasteiger partial charge in [0, 0.05) is 30.7 Å². The van der Waals surface area contributed by atoms with Crippen LogP contribution in [0.5, 0.6) is 11.5 Å². The van der Waals surface area contributed by atoms with Crippen LogP contribution in [-0.4, -0.2) is 29.8 Å². The molecule has 1 heterocycles. The van der Waals surface area contributed by atoms with E-state index in [0.29, 0.717) is 22.9 Å². The molecule has 8 heteroatoms. The van der Waals surface area contributed by atoms with Crippen LogP contribution in [0, 0.1) is 0 Å². The summed E-state index contributed by atoms with van der Waals surface area (Å²) in [5.41, 5.74) is 2.30. The highest BCUT2D eigenvalue weighted by atomic mass is 16.5. The topological polar surface area (TPSA) is 109 Å². The third-order valence-corrected chi connectivity index (χ3v) is 4.34. The SMILES string of the molecule is CCc1cccc(NC(=O)C(=O)Nc2ccc(Oc3ccnc(C(=O)NC)c3)cc2)c1. The van der Waals surface area contributed by atoms with Gasteiger partial charge in [-0.05, 0) is 54.4 Å². The Balaban J connectivity index is 1.59. The molecular weight excluding hydrogens is 396 g/mol. The lowest BCUT2D eigenvalue weighted by Crippen LogP contribution is -2.29. The molecule has 0 radical (unpaired) electrons. The number of benzene rings is 2. The molecule has 3 rings (SSSR count). The summed E-state index contributed by atoms with van der Waals surface area (Å²) in [6.45, 7) is 2.01. The summed E-state index contributed by atoms with van der Waals surface area (Å²) in [4.78, 5) is 40.0. The van der Waals surface area contributed by atoms with E-state index in [-0.39, 0.29) is 11.6 Å². The molecule has 0 saturated carbocycles. The van der Waals surface area contributed by atoms with Crippen LogP contribution < -0.4 is 20.7 Å². The number of aryl methyl sites for hydroxylation is 1. The maximum atomic E-state index is 12.2. The van der Waals surface area contributed by atoms with E-state index >= 15 is 0 Å². The molecule has 31 heavy (non-hydrogen) atoms. The summed E-state index contributed by atoms with van der Waals surface area (Å²) in [6.07, 6.45) is 2.31. The summed E-state index contributed by atoms with van der Waals surface area (Å²) in [5.74, 6) is -0.915. The number of rotatable bonds is 6. The first-order chi connectivity index (χ1) is 15.0. The largest absolute Gasteiger partial charge is 0.457 e. The fourth-order valence-electron chi connectivity index (χ4n) is 2.71. The van der Waals surface area contributed by atoms with Crippen molar-refractivity contribution >= 4 is 29.1 Å². The standard InChI is InChI=1S/C23H22N4O4/c1-3-15-5-4-6-17(13-15)27-23(30)22(29)26-16-7-9-18(10-8-16)31-19-11-12-25-20(14-19)21(28)24-2/h4-14H,3H2,1-2H3,(H,24,28)(H,26,29)(H,27,30). The number of hydrogen-bond donors (Lipinski definition) is 3. The number of carbonyl (C=O) groups is 3.